The Bertz CT molecular complexity index is 2900. The Labute approximate surface area is 351 Å². The molecule has 6 aliphatic rings. The number of ether oxygens (including phenoxy) is 1. The summed E-state index contributed by atoms with van der Waals surface area (Å²) in [5.74, 6) is 5.34. The summed E-state index contributed by atoms with van der Waals surface area (Å²) in [4.78, 5) is 10.4. The molecule has 0 N–H and O–H groups in total. The second-order valence-electron chi connectivity index (χ2n) is 18.3. The van der Waals surface area contributed by atoms with Crippen LogP contribution in [0.1, 0.15) is 66.3 Å². The van der Waals surface area contributed by atoms with Crippen molar-refractivity contribution in [1.29, 1.82) is 0 Å². The molecule has 1 spiro atoms. The van der Waals surface area contributed by atoms with E-state index in [9.17, 15) is 0 Å². The van der Waals surface area contributed by atoms with Gasteiger partial charge in [0.2, 0.25) is 0 Å². The highest BCUT2D eigenvalue weighted by Gasteiger charge is 2.52. The fraction of sp³-hybridized carbons (Fsp3) is 0.193. The van der Waals surface area contributed by atoms with E-state index < -0.39 is 5.41 Å². The quantitative estimate of drug-likeness (QED) is 0.175. The molecule has 5 aliphatic carbocycles. The van der Waals surface area contributed by atoms with E-state index in [1.807, 2.05) is 0 Å². The number of aromatic nitrogens is 2. The average Bonchev–Trinajstić information content (AvgIpc) is 3.59. The molecule has 3 heteroatoms. The first-order valence-corrected chi connectivity index (χ1v) is 21.9. The monoisotopic (exact) mass is 772 g/mol. The minimum Gasteiger partial charge on any atom is -0.457 e. The summed E-state index contributed by atoms with van der Waals surface area (Å²) in [5.41, 5.74) is 16.3. The standard InChI is InChI=1S/C57H44N2O/c1-2-10-40(11-3-1)51-32-52(59-55(58-51)42-22-25-44(26-23-42)56-33-36-28-37(34-56)30-38(29-36)35-56)41-20-18-39(19-21-41)43-24-27-50-54(31-43)60-53-17-9-8-16-49(53)57(50)47-14-6-4-12-45(47)46-13-5-7-15-48(46)57/h1-27,31-32,36-38H,28-30,33-35H2. The SMILES string of the molecule is c1ccc(-c2cc(-c3ccc(-c4ccc5c(c4)Oc4ccccc4C54c5ccccc5-c5ccccc54)cc3)nc(-c3ccc(C45CC6CC(CC(C6)C4)C5)cc3)n2)cc1. The maximum Gasteiger partial charge on any atom is 0.160 e. The molecule has 60 heavy (non-hydrogen) atoms. The van der Waals surface area contributed by atoms with Gasteiger partial charge in [-0.3, -0.25) is 0 Å². The van der Waals surface area contributed by atoms with Gasteiger partial charge in [-0.2, -0.15) is 0 Å². The maximum atomic E-state index is 6.81. The van der Waals surface area contributed by atoms with Gasteiger partial charge in [-0.15, -0.1) is 0 Å². The zero-order chi connectivity index (χ0) is 39.4. The zero-order valence-electron chi connectivity index (χ0n) is 33.5. The Morgan fingerprint density at radius 3 is 1.55 bits per heavy atom. The van der Waals surface area contributed by atoms with E-state index in [0.717, 1.165) is 74.3 Å². The van der Waals surface area contributed by atoms with Crippen molar-refractivity contribution in [3.8, 4) is 67.7 Å². The van der Waals surface area contributed by atoms with Crippen LogP contribution in [0.5, 0.6) is 11.5 Å². The van der Waals surface area contributed by atoms with Crippen LogP contribution in [-0.4, -0.2) is 9.97 Å². The molecular formula is C57H44N2O. The topological polar surface area (TPSA) is 35.0 Å². The van der Waals surface area contributed by atoms with Crippen molar-refractivity contribution < 1.29 is 4.74 Å². The summed E-state index contributed by atoms with van der Waals surface area (Å²) in [6.07, 6.45) is 8.49. The van der Waals surface area contributed by atoms with Crippen molar-refractivity contribution in [2.45, 2.75) is 49.4 Å². The smallest absolute Gasteiger partial charge is 0.160 e. The van der Waals surface area contributed by atoms with E-state index in [1.54, 1.807) is 0 Å². The second kappa shape index (κ2) is 13.0. The third-order valence-corrected chi connectivity index (χ3v) is 15.0. The lowest BCUT2D eigenvalue weighted by Gasteiger charge is -2.57. The number of nitrogens with zero attached hydrogens (tertiary/aromatic N) is 2. The highest BCUT2D eigenvalue weighted by molar-refractivity contribution is 5.89. The average molecular weight is 773 g/mol. The van der Waals surface area contributed by atoms with Crippen LogP contribution in [0.4, 0.5) is 0 Å². The van der Waals surface area contributed by atoms with Crippen molar-refractivity contribution in [1.82, 2.24) is 9.97 Å². The Kier molecular flexibility index (Phi) is 7.41. The molecule has 4 saturated carbocycles. The predicted octanol–water partition coefficient (Wildman–Crippen LogP) is 14.1. The van der Waals surface area contributed by atoms with Gasteiger partial charge in [-0.1, -0.05) is 158 Å². The van der Waals surface area contributed by atoms with E-state index in [4.69, 9.17) is 14.7 Å². The minimum absolute atomic E-state index is 0.371. The molecule has 4 fully saturated rings. The Balaban J connectivity index is 0.866. The van der Waals surface area contributed by atoms with Crippen LogP contribution in [0.15, 0.2) is 176 Å². The first-order chi connectivity index (χ1) is 29.6. The van der Waals surface area contributed by atoms with Gasteiger partial charge in [0.25, 0.3) is 0 Å². The molecule has 1 aliphatic heterocycles. The summed E-state index contributed by atoms with van der Waals surface area (Å²) in [7, 11) is 0. The summed E-state index contributed by atoms with van der Waals surface area (Å²) in [6, 6.07) is 64.0. The molecule has 4 bridgehead atoms. The molecule has 3 nitrogen and oxygen atoms in total. The predicted molar refractivity (Wildman–Crippen MR) is 241 cm³/mol. The van der Waals surface area contributed by atoms with Gasteiger partial charge >= 0.3 is 0 Å². The van der Waals surface area contributed by atoms with Gasteiger partial charge in [-0.25, -0.2) is 9.97 Å². The van der Waals surface area contributed by atoms with E-state index in [-0.39, 0.29) is 0 Å². The number of hydrogen-bond donors (Lipinski definition) is 0. The number of rotatable bonds is 5. The van der Waals surface area contributed by atoms with E-state index >= 15 is 0 Å². The Morgan fingerprint density at radius 1 is 0.400 bits per heavy atom. The zero-order valence-corrected chi connectivity index (χ0v) is 33.5. The van der Waals surface area contributed by atoms with Gasteiger partial charge in [0, 0.05) is 27.8 Å². The molecular weight excluding hydrogens is 729 g/mol. The number of fused-ring (bicyclic) bond motifs is 9. The van der Waals surface area contributed by atoms with Crippen molar-refractivity contribution in [3.63, 3.8) is 0 Å². The highest BCUT2D eigenvalue weighted by Crippen LogP contribution is 2.63. The van der Waals surface area contributed by atoms with Gasteiger partial charge in [-0.05, 0) is 119 Å². The lowest BCUT2D eigenvalue weighted by molar-refractivity contribution is -0.00518. The minimum atomic E-state index is -0.462. The summed E-state index contributed by atoms with van der Waals surface area (Å²) >= 11 is 0. The van der Waals surface area contributed by atoms with Crippen LogP contribution in [-0.2, 0) is 10.8 Å². The van der Waals surface area contributed by atoms with Gasteiger partial charge in [0.05, 0.1) is 16.8 Å². The largest absolute Gasteiger partial charge is 0.457 e. The summed E-state index contributed by atoms with van der Waals surface area (Å²) in [6.45, 7) is 0. The van der Waals surface area contributed by atoms with Crippen molar-refractivity contribution in [3.05, 3.63) is 204 Å². The van der Waals surface area contributed by atoms with Crippen LogP contribution in [0.25, 0.3) is 56.2 Å². The molecule has 2 heterocycles. The molecule has 14 rings (SSSR count). The number of benzene rings is 7. The highest BCUT2D eigenvalue weighted by atomic mass is 16.5. The molecule has 7 aromatic carbocycles. The third-order valence-electron chi connectivity index (χ3n) is 15.0. The van der Waals surface area contributed by atoms with Crippen LogP contribution >= 0.6 is 0 Å². The lowest BCUT2D eigenvalue weighted by atomic mass is 9.48. The van der Waals surface area contributed by atoms with Crippen LogP contribution in [0, 0.1) is 17.8 Å². The molecule has 0 atom stereocenters. The second-order valence-corrected chi connectivity index (χ2v) is 18.3. The first kappa shape index (κ1) is 34.3. The van der Waals surface area contributed by atoms with Crippen LogP contribution in [0.3, 0.4) is 0 Å². The number of para-hydroxylation sites is 1. The van der Waals surface area contributed by atoms with E-state index in [2.05, 4.69) is 176 Å². The lowest BCUT2D eigenvalue weighted by Crippen LogP contribution is -2.48. The first-order valence-electron chi connectivity index (χ1n) is 21.9. The van der Waals surface area contributed by atoms with E-state index in [0.29, 0.717) is 5.41 Å². The molecule has 288 valence electrons. The molecule has 1 aromatic heterocycles. The molecule has 0 amide bonds. The fourth-order valence-corrected chi connectivity index (χ4v) is 12.8. The summed E-state index contributed by atoms with van der Waals surface area (Å²) < 4.78 is 6.81. The number of hydrogen-bond acceptors (Lipinski definition) is 3. The normalized spacial score (nSPS) is 22.1. The molecule has 8 aromatic rings. The van der Waals surface area contributed by atoms with Crippen molar-refractivity contribution >= 4 is 0 Å². The van der Waals surface area contributed by atoms with Crippen LogP contribution in [0.2, 0.25) is 0 Å². The van der Waals surface area contributed by atoms with Crippen LogP contribution < -0.4 is 4.74 Å². The summed E-state index contributed by atoms with van der Waals surface area (Å²) in [5, 5.41) is 0. The molecule has 0 saturated heterocycles. The van der Waals surface area contributed by atoms with Gasteiger partial charge in [0.15, 0.2) is 5.82 Å². The third kappa shape index (κ3) is 5.08. The Hall–Kier alpha value is -6.58. The maximum absolute atomic E-state index is 6.81. The molecule has 0 unspecified atom stereocenters. The fourth-order valence-electron chi connectivity index (χ4n) is 12.8. The van der Waals surface area contributed by atoms with Gasteiger partial charge in [0.1, 0.15) is 11.5 Å². The van der Waals surface area contributed by atoms with Crippen molar-refractivity contribution in [2.75, 3.05) is 0 Å². The van der Waals surface area contributed by atoms with Crippen molar-refractivity contribution in [2.24, 2.45) is 17.8 Å². The molecule has 0 radical (unpaired) electrons. The van der Waals surface area contributed by atoms with Gasteiger partial charge < -0.3 is 4.74 Å². The van der Waals surface area contributed by atoms with E-state index in [1.165, 1.54) is 77.5 Å². The Morgan fingerprint density at radius 2 is 0.900 bits per heavy atom.